The molecule has 0 spiro atoms. The fourth-order valence-electron chi connectivity index (χ4n) is 3.33. The summed E-state index contributed by atoms with van der Waals surface area (Å²) >= 11 is 0. The fourth-order valence-corrected chi connectivity index (χ4v) is 3.33. The van der Waals surface area contributed by atoms with Crippen molar-refractivity contribution in [1.82, 2.24) is 19.5 Å². The SMILES string of the molecule is CN1CCC(CNc2ccn3ncc(-c4ccc(O)cc4)c3n2)CC1. The normalized spacial score (nSPS) is 16.4. The first-order chi connectivity index (χ1) is 12.2. The maximum atomic E-state index is 9.47. The third-order valence-corrected chi connectivity index (χ3v) is 4.96. The van der Waals surface area contributed by atoms with Crippen LogP contribution in [0.5, 0.6) is 5.75 Å². The zero-order chi connectivity index (χ0) is 17.2. The summed E-state index contributed by atoms with van der Waals surface area (Å²) in [4.78, 5) is 7.14. The molecule has 25 heavy (non-hydrogen) atoms. The number of anilines is 1. The minimum atomic E-state index is 0.258. The molecule has 3 heterocycles. The first-order valence-corrected chi connectivity index (χ1v) is 8.75. The number of piperidine rings is 1. The van der Waals surface area contributed by atoms with Crippen molar-refractivity contribution in [2.24, 2.45) is 5.92 Å². The highest BCUT2D eigenvalue weighted by Gasteiger charge is 2.16. The maximum absolute atomic E-state index is 9.47. The van der Waals surface area contributed by atoms with Crippen LogP contribution >= 0.6 is 0 Å². The first kappa shape index (κ1) is 15.9. The number of nitrogens with zero attached hydrogens (tertiary/aromatic N) is 4. The van der Waals surface area contributed by atoms with E-state index in [-0.39, 0.29) is 5.75 Å². The number of rotatable bonds is 4. The van der Waals surface area contributed by atoms with Crippen LogP contribution in [-0.4, -0.2) is 51.3 Å². The zero-order valence-electron chi connectivity index (χ0n) is 14.4. The van der Waals surface area contributed by atoms with Crippen LogP contribution in [-0.2, 0) is 0 Å². The van der Waals surface area contributed by atoms with E-state index < -0.39 is 0 Å². The van der Waals surface area contributed by atoms with Gasteiger partial charge in [0.2, 0.25) is 0 Å². The van der Waals surface area contributed by atoms with Gasteiger partial charge in [0.05, 0.1) is 6.20 Å². The van der Waals surface area contributed by atoms with Gasteiger partial charge in [0.1, 0.15) is 11.6 Å². The Labute approximate surface area is 147 Å². The summed E-state index contributed by atoms with van der Waals surface area (Å²) in [5, 5.41) is 17.3. The molecule has 1 aliphatic rings. The van der Waals surface area contributed by atoms with Crippen LogP contribution < -0.4 is 5.32 Å². The van der Waals surface area contributed by atoms with Gasteiger partial charge in [-0.2, -0.15) is 5.10 Å². The molecule has 0 unspecified atom stereocenters. The van der Waals surface area contributed by atoms with Crippen LogP contribution in [0, 0.1) is 5.92 Å². The molecule has 4 rings (SSSR count). The Morgan fingerprint density at radius 3 is 2.68 bits per heavy atom. The molecule has 1 aliphatic heterocycles. The van der Waals surface area contributed by atoms with E-state index in [0.29, 0.717) is 5.92 Å². The topological polar surface area (TPSA) is 65.7 Å². The first-order valence-electron chi connectivity index (χ1n) is 8.75. The molecule has 0 aliphatic carbocycles. The van der Waals surface area contributed by atoms with Gasteiger partial charge in [0.15, 0.2) is 5.65 Å². The van der Waals surface area contributed by atoms with Crippen molar-refractivity contribution in [2.75, 3.05) is 32.0 Å². The lowest BCUT2D eigenvalue weighted by Gasteiger charge is -2.29. The lowest BCUT2D eigenvalue weighted by molar-refractivity contribution is 0.226. The predicted molar refractivity (Wildman–Crippen MR) is 98.8 cm³/mol. The highest BCUT2D eigenvalue weighted by atomic mass is 16.3. The number of benzene rings is 1. The summed E-state index contributed by atoms with van der Waals surface area (Å²) in [7, 11) is 2.18. The molecule has 0 bridgehead atoms. The number of aromatic nitrogens is 3. The maximum Gasteiger partial charge on any atom is 0.165 e. The lowest BCUT2D eigenvalue weighted by Crippen LogP contribution is -2.33. The molecule has 6 nitrogen and oxygen atoms in total. The lowest BCUT2D eigenvalue weighted by atomic mass is 9.97. The number of aromatic hydroxyl groups is 1. The van der Waals surface area contributed by atoms with E-state index in [9.17, 15) is 5.11 Å². The zero-order valence-corrected chi connectivity index (χ0v) is 14.4. The molecule has 1 aromatic carbocycles. The smallest absolute Gasteiger partial charge is 0.165 e. The van der Waals surface area contributed by atoms with Gasteiger partial charge < -0.3 is 15.3 Å². The predicted octanol–water partition coefficient (Wildman–Crippen LogP) is 2.86. The van der Waals surface area contributed by atoms with Crippen LogP contribution in [0.15, 0.2) is 42.7 Å². The molecule has 3 aromatic rings. The number of likely N-dealkylation sites (tertiary alicyclic amines) is 1. The van der Waals surface area contributed by atoms with Gasteiger partial charge >= 0.3 is 0 Å². The van der Waals surface area contributed by atoms with Crippen LogP contribution in [0.2, 0.25) is 0 Å². The van der Waals surface area contributed by atoms with E-state index in [2.05, 4.69) is 22.4 Å². The second-order valence-electron chi connectivity index (χ2n) is 6.81. The summed E-state index contributed by atoms with van der Waals surface area (Å²) in [5.41, 5.74) is 2.77. The summed E-state index contributed by atoms with van der Waals surface area (Å²) in [6.45, 7) is 3.30. The standard InChI is InChI=1S/C19H23N5O/c1-23-9-6-14(7-10-23)12-20-18-8-11-24-19(22-18)17(13-21-24)15-2-4-16(25)5-3-15/h2-5,8,11,13-14,25H,6-7,9-10,12H2,1H3,(H,20,22). The third kappa shape index (κ3) is 3.44. The minimum Gasteiger partial charge on any atom is -0.508 e. The number of phenols is 1. The molecular formula is C19H23N5O. The molecule has 0 saturated carbocycles. The molecule has 6 heteroatoms. The minimum absolute atomic E-state index is 0.258. The molecule has 0 amide bonds. The summed E-state index contributed by atoms with van der Waals surface area (Å²) in [6.07, 6.45) is 6.22. The van der Waals surface area contributed by atoms with E-state index in [0.717, 1.165) is 29.1 Å². The van der Waals surface area contributed by atoms with Gasteiger partial charge in [-0.15, -0.1) is 0 Å². The van der Waals surface area contributed by atoms with Crippen molar-refractivity contribution in [3.8, 4) is 16.9 Å². The third-order valence-electron chi connectivity index (χ3n) is 4.96. The summed E-state index contributed by atoms with van der Waals surface area (Å²) < 4.78 is 1.78. The second-order valence-corrected chi connectivity index (χ2v) is 6.81. The van der Waals surface area contributed by atoms with Crippen molar-refractivity contribution in [1.29, 1.82) is 0 Å². The molecule has 1 fully saturated rings. The molecule has 0 atom stereocenters. The van der Waals surface area contributed by atoms with Gasteiger partial charge in [-0.05, 0) is 62.7 Å². The van der Waals surface area contributed by atoms with Crippen molar-refractivity contribution in [2.45, 2.75) is 12.8 Å². The number of phenolic OH excluding ortho intramolecular Hbond substituents is 1. The Hall–Kier alpha value is -2.60. The molecule has 1 saturated heterocycles. The second kappa shape index (κ2) is 6.72. The Morgan fingerprint density at radius 2 is 1.92 bits per heavy atom. The number of hydrogen-bond donors (Lipinski definition) is 2. The van der Waals surface area contributed by atoms with Gasteiger partial charge in [-0.1, -0.05) is 12.1 Å². The summed E-state index contributed by atoms with van der Waals surface area (Å²) in [6, 6.07) is 9.09. The largest absolute Gasteiger partial charge is 0.508 e. The Kier molecular flexibility index (Phi) is 4.28. The van der Waals surface area contributed by atoms with Crippen LogP contribution in [0.1, 0.15) is 12.8 Å². The van der Waals surface area contributed by atoms with E-state index in [1.54, 1.807) is 16.6 Å². The fraction of sp³-hybridized carbons (Fsp3) is 0.368. The van der Waals surface area contributed by atoms with E-state index in [4.69, 9.17) is 4.98 Å². The number of hydrogen-bond acceptors (Lipinski definition) is 5. The van der Waals surface area contributed by atoms with Crippen LogP contribution in [0.4, 0.5) is 5.82 Å². The van der Waals surface area contributed by atoms with Crippen LogP contribution in [0.25, 0.3) is 16.8 Å². The van der Waals surface area contributed by atoms with Gasteiger partial charge in [0, 0.05) is 18.3 Å². The Morgan fingerprint density at radius 1 is 1.16 bits per heavy atom. The average Bonchev–Trinajstić information content (AvgIpc) is 3.05. The van der Waals surface area contributed by atoms with E-state index >= 15 is 0 Å². The Bertz CT molecular complexity index is 850. The highest BCUT2D eigenvalue weighted by Crippen LogP contribution is 2.26. The average molecular weight is 337 g/mol. The molecule has 130 valence electrons. The van der Waals surface area contributed by atoms with E-state index in [1.165, 1.54) is 25.9 Å². The van der Waals surface area contributed by atoms with Crippen molar-refractivity contribution < 1.29 is 5.11 Å². The monoisotopic (exact) mass is 337 g/mol. The molecule has 2 aromatic heterocycles. The number of fused-ring (bicyclic) bond motifs is 1. The number of nitrogens with one attached hydrogen (secondary N) is 1. The summed E-state index contributed by atoms with van der Waals surface area (Å²) in [5.74, 6) is 1.84. The molecule has 2 N–H and O–H groups in total. The van der Waals surface area contributed by atoms with Gasteiger partial charge in [0.25, 0.3) is 0 Å². The highest BCUT2D eigenvalue weighted by molar-refractivity contribution is 5.77. The van der Waals surface area contributed by atoms with Gasteiger partial charge in [-0.3, -0.25) is 0 Å². The Balaban J connectivity index is 1.53. The quantitative estimate of drug-likeness (QED) is 0.766. The van der Waals surface area contributed by atoms with Crippen molar-refractivity contribution >= 4 is 11.5 Å². The van der Waals surface area contributed by atoms with E-state index in [1.807, 2.05) is 30.6 Å². The molecular weight excluding hydrogens is 314 g/mol. The molecule has 0 radical (unpaired) electrons. The van der Waals surface area contributed by atoms with Crippen molar-refractivity contribution in [3.63, 3.8) is 0 Å². The van der Waals surface area contributed by atoms with Crippen molar-refractivity contribution in [3.05, 3.63) is 42.7 Å². The van der Waals surface area contributed by atoms with Crippen LogP contribution in [0.3, 0.4) is 0 Å². The van der Waals surface area contributed by atoms with Gasteiger partial charge in [-0.25, -0.2) is 9.50 Å².